The lowest BCUT2D eigenvalue weighted by Gasteiger charge is -2.24. The zero-order valence-corrected chi connectivity index (χ0v) is 16.7. The largest absolute Gasteiger partial charge is 0.496 e. The second kappa shape index (κ2) is 8.18. The van der Waals surface area contributed by atoms with Gasteiger partial charge in [0.2, 0.25) is 10.0 Å². The van der Waals surface area contributed by atoms with Gasteiger partial charge in [-0.05, 0) is 55.3 Å². The molecule has 3 rings (SSSR count). The van der Waals surface area contributed by atoms with Gasteiger partial charge in [0.25, 0.3) is 5.91 Å². The summed E-state index contributed by atoms with van der Waals surface area (Å²) in [6.07, 6.45) is 3.06. The first-order valence-corrected chi connectivity index (χ1v) is 10.8. The monoisotopic (exact) mass is 406 g/mol. The maximum Gasteiger partial charge on any atom is 0.253 e. The highest BCUT2D eigenvalue weighted by atomic mass is 32.2. The standard InChI is InChI=1S/C20H23FN2O4S/c1-27-19-10-5-15(20(24)22-11-3-4-12-22)13-16(19)14-23(28(2,25)26)18-8-6-17(21)7-9-18/h5-10,13H,3-4,11-12,14H2,1-2H3. The molecule has 1 aliphatic heterocycles. The Morgan fingerprint density at radius 3 is 2.36 bits per heavy atom. The van der Waals surface area contributed by atoms with Crippen molar-refractivity contribution in [3.05, 3.63) is 59.4 Å². The molecule has 1 fully saturated rings. The predicted octanol–water partition coefficient (Wildman–Crippen LogP) is 3.04. The highest BCUT2D eigenvalue weighted by Gasteiger charge is 2.23. The van der Waals surface area contributed by atoms with Crippen LogP contribution in [-0.2, 0) is 16.6 Å². The fourth-order valence-electron chi connectivity index (χ4n) is 3.30. The summed E-state index contributed by atoms with van der Waals surface area (Å²) in [5.74, 6) is -0.0455. The number of hydrogen-bond donors (Lipinski definition) is 0. The number of halogens is 1. The first-order valence-electron chi connectivity index (χ1n) is 8.99. The number of hydrogen-bond acceptors (Lipinski definition) is 4. The van der Waals surface area contributed by atoms with E-state index in [4.69, 9.17) is 4.74 Å². The molecule has 0 aromatic heterocycles. The zero-order valence-electron chi connectivity index (χ0n) is 15.9. The smallest absolute Gasteiger partial charge is 0.253 e. The van der Waals surface area contributed by atoms with E-state index >= 15 is 0 Å². The van der Waals surface area contributed by atoms with Crippen LogP contribution < -0.4 is 9.04 Å². The average Bonchev–Trinajstić information content (AvgIpc) is 3.20. The van der Waals surface area contributed by atoms with E-state index < -0.39 is 15.8 Å². The minimum Gasteiger partial charge on any atom is -0.496 e. The van der Waals surface area contributed by atoms with Gasteiger partial charge in [0.15, 0.2) is 0 Å². The summed E-state index contributed by atoms with van der Waals surface area (Å²) in [4.78, 5) is 14.5. The van der Waals surface area contributed by atoms with Crippen molar-refractivity contribution < 1.29 is 22.3 Å². The third-order valence-corrected chi connectivity index (χ3v) is 5.89. The lowest BCUT2D eigenvalue weighted by Crippen LogP contribution is -2.30. The SMILES string of the molecule is COc1ccc(C(=O)N2CCCC2)cc1CN(c1ccc(F)cc1)S(C)(=O)=O. The second-order valence-corrected chi connectivity index (χ2v) is 8.68. The molecule has 150 valence electrons. The molecular formula is C20H23FN2O4S. The van der Waals surface area contributed by atoms with Gasteiger partial charge >= 0.3 is 0 Å². The van der Waals surface area contributed by atoms with Crippen molar-refractivity contribution in [1.82, 2.24) is 4.90 Å². The molecule has 28 heavy (non-hydrogen) atoms. The normalized spacial score (nSPS) is 14.2. The van der Waals surface area contributed by atoms with Crippen LogP contribution in [0.15, 0.2) is 42.5 Å². The minimum atomic E-state index is -3.64. The molecule has 0 spiro atoms. The van der Waals surface area contributed by atoms with Crippen molar-refractivity contribution in [2.45, 2.75) is 19.4 Å². The van der Waals surface area contributed by atoms with Gasteiger partial charge in [0, 0.05) is 24.2 Å². The molecule has 1 aliphatic rings. The van der Waals surface area contributed by atoms with Crippen LogP contribution in [0.2, 0.25) is 0 Å². The van der Waals surface area contributed by atoms with Crippen molar-refractivity contribution in [1.29, 1.82) is 0 Å². The average molecular weight is 406 g/mol. The highest BCUT2D eigenvalue weighted by molar-refractivity contribution is 7.92. The van der Waals surface area contributed by atoms with E-state index in [2.05, 4.69) is 0 Å². The number of nitrogens with zero attached hydrogens (tertiary/aromatic N) is 2. The van der Waals surface area contributed by atoms with Crippen molar-refractivity contribution in [3.8, 4) is 5.75 Å². The van der Waals surface area contributed by atoms with Crippen LogP contribution in [0, 0.1) is 5.82 Å². The van der Waals surface area contributed by atoms with E-state index in [1.165, 1.54) is 31.4 Å². The number of sulfonamides is 1. The first kappa shape index (κ1) is 20.1. The Balaban J connectivity index is 1.96. The van der Waals surface area contributed by atoms with Crippen molar-refractivity contribution in [3.63, 3.8) is 0 Å². The molecule has 8 heteroatoms. The molecule has 1 amide bonds. The molecular weight excluding hydrogens is 383 g/mol. The molecule has 0 unspecified atom stereocenters. The van der Waals surface area contributed by atoms with Gasteiger partial charge in [0.05, 0.1) is 25.6 Å². The Bertz CT molecular complexity index is 955. The minimum absolute atomic E-state index is 0.0330. The molecule has 0 radical (unpaired) electrons. The Hall–Kier alpha value is -2.61. The quantitative estimate of drug-likeness (QED) is 0.740. The van der Waals surface area contributed by atoms with Crippen molar-refractivity contribution in [2.75, 3.05) is 30.8 Å². The number of likely N-dealkylation sites (tertiary alicyclic amines) is 1. The Labute approximate surface area is 164 Å². The van der Waals surface area contributed by atoms with Crippen molar-refractivity contribution >= 4 is 21.6 Å². The molecule has 2 aromatic carbocycles. The number of benzene rings is 2. The molecule has 6 nitrogen and oxygen atoms in total. The molecule has 0 N–H and O–H groups in total. The summed E-state index contributed by atoms with van der Waals surface area (Å²) < 4.78 is 44.5. The van der Waals surface area contributed by atoms with Crippen LogP contribution in [0.5, 0.6) is 5.75 Å². The number of carbonyl (C=O) groups is 1. The lowest BCUT2D eigenvalue weighted by molar-refractivity contribution is 0.0792. The van der Waals surface area contributed by atoms with Gasteiger partial charge in [-0.25, -0.2) is 12.8 Å². The highest BCUT2D eigenvalue weighted by Crippen LogP contribution is 2.27. The summed E-state index contributed by atoms with van der Waals surface area (Å²) in [5, 5.41) is 0. The Kier molecular flexibility index (Phi) is 5.88. The van der Waals surface area contributed by atoms with E-state index in [1.54, 1.807) is 23.1 Å². The van der Waals surface area contributed by atoms with E-state index in [0.29, 0.717) is 22.6 Å². The molecule has 0 aliphatic carbocycles. The van der Waals surface area contributed by atoms with E-state index in [1.807, 2.05) is 0 Å². The van der Waals surface area contributed by atoms with E-state index in [9.17, 15) is 17.6 Å². The van der Waals surface area contributed by atoms with Crippen LogP contribution in [-0.4, -0.2) is 45.7 Å². The maximum absolute atomic E-state index is 13.3. The second-order valence-electron chi connectivity index (χ2n) is 6.77. The third-order valence-electron chi connectivity index (χ3n) is 4.75. The van der Waals surface area contributed by atoms with E-state index in [0.717, 1.165) is 36.5 Å². The zero-order chi connectivity index (χ0) is 20.3. The first-order chi connectivity index (χ1) is 13.3. The number of methoxy groups -OCH3 is 1. The van der Waals surface area contributed by atoms with Gasteiger partial charge in [-0.2, -0.15) is 0 Å². The van der Waals surface area contributed by atoms with Gasteiger partial charge in [0.1, 0.15) is 11.6 Å². The molecule has 1 saturated heterocycles. The van der Waals surface area contributed by atoms with Gasteiger partial charge in [-0.1, -0.05) is 0 Å². The van der Waals surface area contributed by atoms with Crippen LogP contribution >= 0.6 is 0 Å². The molecule has 2 aromatic rings. The molecule has 0 bridgehead atoms. The van der Waals surface area contributed by atoms with Crippen LogP contribution in [0.25, 0.3) is 0 Å². The van der Waals surface area contributed by atoms with Gasteiger partial charge in [-0.15, -0.1) is 0 Å². The van der Waals surface area contributed by atoms with Gasteiger partial charge in [-0.3, -0.25) is 9.10 Å². The van der Waals surface area contributed by atoms with Crippen LogP contribution in [0.3, 0.4) is 0 Å². The lowest BCUT2D eigenvalue weighted by atomic mass is 10.1. The molecule has 1 heterocycles. The number of anilines is 1. The number of ether oxygens (including phenoxy) is 1. The topological polar surface area (TPSA) is 66.9 Å². The predicted molar refractivity (Wildman–Crippen MR) is 106 cm³/mol. The summed E-state index contributed by atoms with van der Waals surface area (Å²) in [7, 11) is -2.15. The Morgan fingerprint density at radius 2 is 1.79 bits per heavy atom. The summed E-state index contributed by atoms with van der Waals surface area (Å²) in [5.41, 5.74) is 1.38. The molecule has 0 saturated carbocycles. The fourth-order valence-corrected chi connectivity index (χ4v) is 4.18. The summed E-state index contributed by atoms with van der Waals surface area (Å²) in [6, 6.07) is 10.2. The number of carbonyl (C=O) groups excluding carboxylic acids is 1. The number of amides is 1. The molecule has 0 atom stereocenters. The number of rotatable bonds is 6. The van der Waals surface area contributed by atoms with Crippen molar-refractivity contribution in [2.24, 2.45) is 0 Å². The third kappa shape index (κ3) is 4.44. The summed E-state index contributed by atoms with van der Waals surface area (Å²) in [6.45, 7) is 1.42. The summed E-state index contributed by atoms with van der Waals surface area (Å²) >= 11 is 0. The van der Waals surface area contributed by atoms with E-state index in [-0.39, 0.29) is 12.5 Å². The van der Waals surface area contributed by atoms with Gasteiger partial charge < -0.3 is 9.64 Å². The maximum atomic E-state index is 13.3. The van der Waals surface area contributed by atoms with Crippen LogP contribution in [0.1, 0.15) is 28.8 Å². The fraction of sp³-hybridized carbons (Fsp3) is 0.350. The van der Waals surface area contributed by atoms with Crippen LogP contribution in [0.4, 0.5) is 10.1 Å². The Morgan fingerprint density at radius 1 is 1.14 bits per heavy atom.